The minimum atomic E-state index is -1.04. The topological polar surface area (TPSA) is 91.7 Å². The molecule has 7 nitrogen and oxygen atoms in total. The van der Waals surface area contributed by atoms with Crippen molar-refractivity contribution in [2.75, 3.05) is 11.4 Å². The SMILES string of the molecule is O=C(NCC(=O)N(c1ccccc1)C(C(=O)NC1CCCC1)c1ccc(F)cc1)c1ccco1. The fourth-order valence-corrected chi connectivity index (χ4v) is 4.17. The Morgan fingerprint density at radius 1 is 0.971 bits per heavy atom. The number of para-hydroxylation sites is 1. The Morgan fingerprint density at radius 2 is 1.68 bits per heavy atom. The van der Waals surface area contributed by atoms with Crippen LogP contribution in [0.3, 0.4) is 0 Å². The van der Waals surface area contributed by atoms with E-state index in [1.807, 2.05) is 0 Å². The number of hydrogen-bond acceptors (Lipinski definition) is 4. The van der Waals surface area contributed by atoms with Crippen molar-refractivity contribution >= 4 is 23.4 Å². The average Bonchev–Trinajstić information content (AvgIpc) is 3.57. The van der Waals surface area contributed by atoms with Crippen molar-refractivity contribution in [1.29, 1.82) is 0 Å². The van der Waals surface area contributed by atoms with E-state index in [4.69, 9.17) is 4.42 Å². The summed E-state index contributed by atoms with van der Waals surface area (Å²) in [6.07, 6.45) is 5.18. The molecule has 3 amide bonds. The van der Waals surface area contributed by atoms with Crippen LogP contribution in [0.4, 0.5) is 10.1 Å². The Bertz CT molecular complexity index is 1110. The van der Waals surface area contributed by atoms with Crippen LogP contribution in [-0.4, -0.2) is 30.3 Å². The van der Waals surface area contributed by atoms with E-state index in [-0.39, 0.29) is 24.3 Å². The Hall–Kier alpha value is -3.94. The maximum absolute atomic E-state index is 13.7. The lowest BCUT2D eigenvalue weighted by molar-refractivity contribution is -0.126. The molecular weight excluding hydrogens is 437 g/mol. The average molecular weight is 464 g/mol. The molecule has 1 atom stereocenters. The Morgan fingerprint density at radius 3 is 2.32 bits per heavy atom. The quantitative estimate of drug-likeness (QED) is 0.529. The van der Waals surface area contributed by atoms with Gasteiger partial charge in [-0.15, -0.1) is 0 Å². The van der Waals surface area contributed by atoms with Crippen LogP contribution in [0.5, 0.6) is 0 Å². The lowest BCUT2D eigenvalue weighted by Gasteiger charge is -2.32. The molecule has 0 aliphatic heterocycles. The van der Waals surface area contributed by atoms with Gasteiger partial charge in [-0.25, -0.2) is 4.39 Å². The molecule has 1 saturated carbocycles. The van der Waals surface area contributed by atoms with Crippen LogP contribution in [0.15, 0.2) is 77.4 Å². The Kier molecular flexibility index (Phi) is 7.37. The molecule has 0 bridgehead atoms. The zero-order valence-corrected chi connectivity index (χ0v) is 18.6. The lowest BCUT2D eigenvalue weighted by atomic mass is 10.0. The first-order valence-corrected chi connectivity index (χ1v) is 11.3. The third-order valence-corrected chi connectivity index (χ3v) is 5.84. The summed E-state index contributed by atoms with van der Waals surface area (Å²) in [6, 6.07) is 16.3. The van der Waals surface area contributed by atoms with E-state index in [9.17, 15) is 18.8 Å². The van der Waals surface area contributed by atoms with Crippen molar-refractivity contribution in [1.82, 2.24) is 10.6 Å². The first-order chi connectivity index (χ1) is 16.5. The van der Waals surface area contributed by atoms with Crippen molar-refractivity contribution in [3.8, 4) is 0 Å². The van der Waals surface area contributed by atoms with Crippen LogP contribution in [0, 0.1) is 5.82 Å². The van der Waals surface area contributed by atoms with Gasteiger partial charge in [0.1, 0.15) is 11.9 Å². The molecule has 1 aliphatic rings. The first kappa shape index (κ1) is 23.2. The Balaban J connectivity index is 1.65. The second-order valence-corrected chi connectivity index (χ2v) is 8.20. The minimum absolute atomic E-state index is 0.0295. The van der Waals surface area contributed by atoms with Crippen LogP contribution in [-0.2, 0) is 9.59 Å². The predicted octanol–water partition coefficient (Wildman–Crippen LogP) is 3.98. The van der Waals surface area contributed by atoms with Gasteiger partial charge in [0.25, 0.3) is 5.91 Å². The molecule has 0 spiro atoms. The normalized spacial score (nSPS) is 14.4. The number of nitrogens with one attached hydrogen (secondary N) is 2. The highest BCUT2D eigenvalue weighted by Crippen LogP contribution is 2.29. The Labute approximate surface area is 196 Å². The zero-order chi connectivity index (χ0) is 23.9. The van der Waals surface area contributed by atoms with Crippen LogP contribution in [0.25, 0.3) is 0 Å². The molecule has 1 aromatic heterocycles. The predicted molar refractivity (Wildman–Crippen MR) is 125 cm³/mol. The van der Waals surface area contributed by atoms with Crippen LogP contribution < -0.4 is 15.5 Å². The number of carbonyl (C=O) groups excluding carboxylic acids is 3. The monoisotopic (exact) mass is 463 g/mol. The summed E-state index contributed by atoms with van der Waals surface area (Å²) in [5.41, 5.74) is 0.946. The molecule has 2 aromatic carbocycles. The highest BCUT2D eigenvalue weighted by molar-refractivity contribution is 6.04. The summed E-state index contributed by atoms with van der Waals surface area (Å²) >= 11 is 0. The highest BCUT2D eigenvalue weighted by atomic mass is 19.1. The number of anilines is 1. The molecule has 1 aliphatic carbocycles. The summed E-state index contributed by atoms with van der Waals surface area (Å²) in [5.74, 6) is -1.76. The summed E-state index contributed by atoms with van der Waals surface area (Å²) in [5, 5.41) is 5.60. The molecule has 34 heavy (non-hydrogen) atoms. The van der Waals surface area contributed by atoms with Gasteiger partial charge in [0.05, 0.1) is 12.8 Å². The smallest absolute Gasteiger partial charge is 0.287 e. The van der Waals surface area contributed by atoms with Gasteiger partial charge in [-0.05, 0) is 54.8 Å². The number of halogens is 1. The van der Waals surface area contributed by atoms with Gasteiger partial charge in [0, 0.05) is 11.7 Å². The van der Waals surface area contributed by atoms with Gasteiger partial charge in [-0.3, -0.25) is 19.3 Å². The van der Waals surface area contributed by atoms with Gasteiger partial charge in [-0.2, -0.15) is 0 Å². The number of hydrogen-bond donors (Lipinski definition) is 2. The third kappa shape index (κ3) is 5.51. The maximum atomic E-state index is 13.7. The van der Waals surface area contributed by atoms with E-state index < -0.39 is 23.7 Å². The van der Waals surface area contributed by atoms with Crippen molar-refractivity contribution in [2.45, 2.75) is 37.8 Å². The van der Waals surface area contributed by atoms with Crippen molar-refractivity contribution in [2.24, 2.45) is 0 Å². The van der Waals surface area contributed by atoms with E-state index in [1.54, 1.807) is 36.4 Å². The van der Waals surface area contributed by atoms with Crippen molar-refractivity contribution in [3.05, 3.63) is 90.1 Å². The molecule has 2 N–H and O–H groups in total. The second kappa shape index (κ2) is 10.8. The fourth-order valence-electron chi connectivity index (χ4n) is 4.17. The number of carbonyl (C=O) groups is 3. The lowest BCUT2D eigenvalue weighted by Crippen LogP contribution is -2.49. The molecule has 4 rings (SSSR count). The van der Waals surface area contributed by atoms with E-state index >= 15 is 0 Å². The maximum Gasteiger partial charge on any atom is 0.287 e. The summed E-state index contributed by atoms with van der Waals surface area (Å²) in [7, 11) is 0. The molecule has 3 aromatic rings. The second-order valence-electron chi connectivity index (χ2n) is 8.20. The van der Waals surface area contributed by atoms with Gasteiger partial charge < -0.3 is 15.1 Å². The highest BCUT2D eigenvalue weighted by Gasteiger charge is 2.34. The van der Waals surface area contributed by atoms with Crippen molar-refractivity contribution in [3.63, 3.8) is 0 Å². The molecule has 1 unspecified atom stereocenters. The number of benzene rings is 2. The molecule has 1 heterocycles. The van der Waals surface area contributed by atoms with E-state index in [2.05, 4.69) is 10.6 Å². The molecule has 1 fully saturated rings. The van der Waals surface area contributed by atoms with E-state index in [0.29, 0.717) is 11.3 Å². The van der Waals surface area contributed by atoms with E-state index in [0.717, 1.165) is 25.7 Å². The molecule has 176 valence electrons. The van der Waals surface area contributed by atoms with Crippen LogP contribution in [0.1, 0.15) is 47.8 Å². The van der Waals surface area contributed by atoms with Gasteiger partial charge >= 0.3 is 0 Å². The van der Waals surface area contributed by atoms with Gasteiger partial charge in [0.15, 0.2) is 5.76 Å². The van der Waals surface area contributed by atoms with E-state index in [1.165, 1.54) is 41.5 Å². The summed E-state index contributed by atoms with van der Waals surface area (Å²) in [6.45, 7) is -0.358. The molecule has 8 heteroatoms. The number of amides is 3. The standard InChI is InChI=1S/C26H26FN3O4/c27-19-14-12-18(13-15-19)24(26(33)29-20-7-4-5-8-20)30(21-9-2-1-3-10-21)23(31)17-28-25(32)22-11-6-16-34-22/h1-3,6,9-16,20,24H,4-5,7-8,17H2,(H,28,32)(H,29,33). The number of furan rings is 1. The first-order valence-electron chi connectivity index (χ1n) is 11.3. The number of nitrogens with zero attached hydrogens (tertiary/aromatic N) is 1. The van der Waals surface area contributed by atoms with Crippen molar-refractivity contribution < 1.29 is 23.2 Å². The van der Waals surface area contributed by atoms with Crippen LogP contribution in [0.2, 0.25) is 0 Å². The molecular formula is C26H26FN3O4. The van der Waals surface area contributed by atoms with Gasteiger partial charge in [0.2, 0.25) is 11.8 Å². The summed E-state index contributed by atoms with van der Waals surface area (Å²) in [4.78, 5) is 40.7. The summed E-state index contributed by atoms with van der Waals surface area (Å²) < 4.78 is 18.7. The molecule has 0 saturated heterocycles. The van der Waals surface area contributed by atoms with Gasteiger partial charge in [-0.1, -0.05) is 43.2 Å². The third-order valence-electron chi connectivity index (χ3n) is 5.84. The fraction of sp³-hybridized carbons (Fsp3) is 0.269. The largest absolute Gasteiger partial charge is 0.459 e. The number of rotatable bonds is 8. The molecule has 0 radical (unpaired) electrons. The minimum Gasteiger partial charge on any atom is -0.459 e. The van der Waals surface area contributed by atoms with Crippen LogP contribution >= 0.6 is 0 Å². The zero-order valence-electron chi connectivity index (χ0n) is 18.6.